The molecule has 5 nitrogen and oxygen atoms in total. The van der Waals surface area contributed by atoms with Gasteiger partial charge in [-0.2, -0.15) is 4.57 Å². The highest BCUT2D eigenvalue weighted by atomic mass is 35.5. The minimum atomic E-state index is -0.0475. The molecule has 0 radical (unpaired) electrons. The third-order valence-electron chi connectivity index (χ3n) is 3.36. The number of rotatable bonds is 2. The first-order chi connectivity index (χ1) is 9.15. The fourth-order valence-electron chi connectivity index (χ4n) is 2.26. The van der Waals surface area contributed by atoms with Gasteiger partial charge in [-0.1, -0.05) is 11.6 Å². The van der Waals surface area contributed by atoms with Crippen molar-refractivity contribution in [1.29, 1.82) is 0 Å². The molecule has 0 saturated heterocycles. The zero-order chi connectivity index (χ0) is 13.1. The van der Waals surface area contributed by atoms with Crippen LogP contribution in [0.1, 0.15) is 12.8 Å². The summed E-state index contributed by atoms with van der Waals surface area (Å²) in [6.07, 6.45) is 2.33. The number of hydrogen-bond donors (Lipinski definition) is 0. The molecule has 2 aromatic rings. The van der Waals surface area contributed by atoms with E-state index in [1.807, 2.05) is 0 Å². The Kier molecular flexibility index (Phi) is 2.39. The van der Waals surface area contributed by atoms with Crippen LogP contribution in [0.4, 0.5) is 5.95 Å². The van der Waals surface area contributed by atoms with Crippen molar-refractivity contribution >= 4 is 56.4 Å². The van der Waals surface area contributed by atoms with E-state index in [-0.39, 0.29) is 5.56 Å². The van der Waals surface area contributed by atoms with E-state index in [2.05, 4.69) is 10.2 Å². The number of thiocarbonyl (C=S) groups is 1. The van der Waals surface area contributed by atoms with E-state index in [4.69, 9.17) is 23.8 Å². The summed E-state index contributed by atoms with van der Waals surface area (Å²) in [6, 6.07) is 1.75. The number of hydrogen-bond acceptors (Lipinski definition) is 4. The van der Waals surface area contributed by atoms with Crippen molar-refractivity contribution in [3.05, 3.63) is 20.8 Å². The monoisotopic (exact) mass is 311 g/mol. The lowest BCUT2D eigenvalue weighted by molar-refractivity contribution is -0.508. The van der Waals surface area contributed by atoms with Crippen molar-refractivity contribution in [1.82, 2.24) is 4.57 Å². The molecule has 2 aliphatic rings. The normalized spacial score (nSPS) is 17.4. The van der Waals surface area contributed by atoms with Crippen molar-refractivity contribution in [2.24, 2.45) is 16.1 Å². The molecule has 1 aliphatic heterocycles. The molecule has 0 spiro atoms. The fourth-order valence-corrected chi connectivity index (χ4v) is 3.63. The van der Waals surface area contributed by atoms with Gasteiger partial charge >= 0.3 is 16.6 Å². The number of fused-ring (bicyclic) bond motifs is 3. The molecule has 1 fully saturated rings. The van der Waals surface area contributed by atoms with Crippen LogP contribution in [0.15, 0.2) is 21.1 Å². The quantitative estimate of drug-likeness (QED) is 0.632. The molecule has 96 valence electrons. The predicted molar refractivity (Wildman–Crippen MR) is 76.5 cm³/mol. The molecular weight excluding hydrogens is 304 g/mol. The molecule has 0 aromatic carbocycles. The lowest BCUT2D eigenvalue weighted by Gasteiger charge is -2.04. The SMILES string of the molecule is O=c1c2sc(Cl)cc2[n+]2c(n1CC1CC1)N=NC2=S. The van der Waals surface area contributed by atoms with Crippen LogP contribution >= 0.6 is 35.2 Å². The fraction of sp³-hybridized carbons (Fsp3) is 0.364. The highest BCUT2D eigenvalue weighted by Gasteiger charge is 2.34. The first-order valence-corrected chi connectivity index (χ1v) is 7.49. The predicted octanol–water partition coefficient (Wildman–Crippen LogP) is 2.64. The van der Waals surface area contributed by atoms with Gasteiger partial charge in [-0.15, -0.1) is 11.3 Å². The Balaban J connectivity index is 2.10. The van der Waals surface area contributed by atoms with Crippen LogP contribution in [-0.4, -0.2) is 9.68 Å². The number of aromatic nitrogens is 2. The Morgan fingerprint density at radius 2 is 2.32 bits per heavy atom. The molecule has 0 bridgehead atoms. The lowest BCUT2D eigenvalue weighted by atomic mass is 10.4. The summed E-state index contributed by atoms with van der Waals surface area (Å²) in [4.78, 5) is 12.5. The highest BCUT2D eigenvalue weighted by Crippen LogP contribution is 2.33. The standard InChI is InChI=1S/C11H8ClN4OS2/c12-7-3-6-8(19-7)9(17)15(4-5-1-2-5)10-13-14-11(18)16(6)10/h3,5H,1-2,4H2/q+1. The summed E-state index contributed by atoms with van der Waals surface area (Å²) in [6.45, 7) is 0.682. The number of halogens is 1. The Hall–Kier alpha value is -1.18. The van der Waals surface area contributed by atoms with E-state index >= 15 is 0 Å². The van der Waals surface area contributed by atoms with Gasteiger partial charge in [-0.05, 0) is 31.0 Å². The number of nitrogens with zero attached hydrogens (tertiary/aromatic N) is 4. The average molecular weight is 312 g/mol. The maximum Gasteiger partial charge on any atom is 0.397 e. The van der Waals surface area contributed by atoms with Crippen LogP contribution in [0.2, 0.25) is 4.34 Å². The molecule has 0 unspecified atom stereocenters. The summed E-state index contributed by atoms with van der Waals surface area (Å²) in [5.41, 5.74) is 0.658. The van der Waals surface area contributed by atoms with E-state index in [0.29, 0.717) is 38.1 Å². The molecular formula is C11H8ClN4OS2+. The van der Waals surface area contributed by atoms with E-state index < -0.39 is 0 Å². The second kappa shape index (κ2) is 3.91. The Labute approximate surface area is 122 Å². The first-order valence-electron chi connectivity index (χ1n) is 5.89. The highest BCUT2D eigenvalue weighted by molar-refractivity contribution is 7.79. The third-order valence-corrected chi connectivity index (χ3v) is 4.86. The molecule has 1 saturated carbocycles. The van der Waals surface area contributed by atoms with Gasteiger partial charge in [-0.3, -0.25) is 4.79 Å². The third kappa shape index (κ3) is 1.69. The topological polar surface area (TPSA) is 50.6 Å². The van der Waals surface area contributed by atoms with Crippen LogP contribution in [0.5, 0.6) is 0 Å². The van der Waals surface area contributed by atoms with Gasteiger partial charge in [0.05, 0.1) is 16.0 Å². The van der Waals surface area contributed by atoms with Gasteiger partial charge in [0, 0.05) is 11.2 Å². The molecule has 19 heavy (non-hydrogen) atoms. The minimum absolute atomic E-state index is 0.0475. The molecule has 0 N–H and O–H groups in total. The van der Waals surface area contributed by atoms with Crippen LogP contribution in [0.3, 0.4) is 0 Å². The van der Waals surface area contributed by atoms with Gasteiger partial charge in [-0.25, -0.2) is 4.57 Å². The zero-order valence-electron chi connectivity index (χ0n) is 9.67. The second-order valence-electron chi connectivity index (χ2n) is 4.74. The molecule has 4 rings (SSSR count). The van der Waals surface area contributed by atoms with Crippen LogP contribution in [-0.2, 0) is 6.54 Å². The van der Waals surface area contributed by atoms with Gasteiger partial charge in [0.1, 0.15) is 10.2 Å². The summed E-state index contributed by atoms with van der Waals surface area (Å²) >= 11 is 12.5. The number of azo groups is 1. The minimum Gasteiger partial charge on any atom is -0.254 e. The van der Waals surface area contributed by atoms with Gasteiger partial charge in [0.15, 0.2) is 0 Å². The van der Waals surface area contributed by atoms with E-state index in [9.17, 15) is 4.79 Å². The first kappa shape index (κ1) is 11.6. The molecule has 0 atom stereocenters. The molecule has 8 heteroatoms. The maximum atomic E-state index is 12.5. The van der Waals surface area contributed by atoms with E-state index in [0.717, 1.165) is 12.8 Å². The Bertz CT molecular complexity index is 818. The van der Waals surface area contributed by atoms with E-state index in [1.54, 1.807) is 15.2 Å². The lowest BCUT2D eigenvalue weighted by Crippen LogP contribution is -2.43. The summed E-state index contributed by atoms with van der Waals surface area (Å²) in [5.74, 6) is 1.09. The molecule has 1 aliphatic carbocycles. The zero-order valence-corrected chi connectivity index (χ0v) is 12.1. The van der Waals surface area contributed by atoms with Gasteiger partial charge in [0.25, 0.3) is 0 Å². The van der Waals surface area contributed by atoms with Gasteiger partial charge < -0.3 is 0 Å². The summed E-state index contributed by atoms with van der Waals surface area (Å²) in [7, 11) is 0. The number of thiophene rings is 1. The average Bonchev–Trinajstić information content (AvgIpc) is 2.99. The van der Waals surface area contributed by atoms with Gasteiger partial charge in [0.2, 0.25) is 0 Å². The second-order valence-corrected chi connectivity index (χ2v) is 6.79. The van der Waals surface area contributed by atoms with Crippen molar-refractivity contribution in [2.75, 3.05) is 0 Å². The Morgan fingerprint density at radius 1 is 1.53 bits per heavy atom. The van der Waals surface area contributed by atoms with Crippen molar-refractivity contribution in [2.45, 2.75) is 19.4 Å². The maximum absolute atomic E-state index is 12.5. The van der Waals surface area contributed by atoms with Crippen molar-refractivity contribution in [3.63, 3.8) is 0 Å². The van der Waals surface area contributed by atoms with Crippen molar-refractivity contribution in [3.8, 4) is 0 Å². The van der Waals surface area contributed by atoms with Crippen molar-refractivity contribution < 1.29 is 4.57 Å². The Morgan fingerprint density at radius 3 is 3.05 bits per heavy atom. The molecule has 0 amide bonds. The van der Waals surface area contributed by atoms with Crippen LogP contribution < -0.4 is 10.1 Å². The smallest absolute Gasteiger partial charge is 0.254 e. The largest absolute Gasteiger partial charge is 0.397 e. The summed E-state index contributed by atoms with van der Waals surface area (Å²) in [5, 5.41) is 8.33. The molecule has 3 heterocycles. The van der Waals surface area contributed by atoms with Crippen LogP contribution in [0.25, 0.3) is 10.2 Å². The van der Waals surface area contributed by atoms with Crippen LogP contribution in [0, 0.1) is 5.92 Å². The van der Waals surface area contributed by atoms with E-state index in [1.165, 1.54) is 11.3 Å². The summed E-state index contributed by atoms with van der Waals surface area (Å²) < 4.78 is 4.59. The molecule has 2 aromatic heterocycles.